The molecular formula is C21H42NNaO2. The monoisotopic (exact) mass is 363 g/mol. The Balaban J connectivity index is 0. The molecule has 3 nitrogen and oxygen atoms in total. The van der Waals surface area contributed by atoms with Gasteiger partial charge in [0.25, 0.3) is 0 Å². The number of unbranched alkanes of at least 4 members (excludes halogenated alkanes) is 15. The maximum atomic E-state index is 10.2. The van der Waals surface area contributed by atoms with E-state index < -0.39 is 5.97 Å². The van der Waals surface area contributed by atoms with Gasteiger partial charge in [0.1, 0.15) is 0 Å². The van der Waals surface area contributed by atoms with E-state index in [2.05, 4.69) is 12.2 Å². The van der Waals surface area contributed by atoms with E-state index >= 15 is 0 Å². The average molecular weight is 364 g/mol. The minimum absolute atomic E-state index is 0. The van der Waals surface area contributed by atoms with E-state index in [1.54, 1.807) is 0 Å². The molecule has 0 aromatic rings. The standard InChI is InChI=1S/C21H43NO2.Na/c1-2-3-4-5-6-7-8-9-10-11-12-13-14-15-16-17-19-22-20-18-21(23)24;/h22H,2-20H2,1H3,(H,23,24);/q;+1/p-1. The minimum Gasteiger partial charge on any atom is -0.550 e. The van der Waals surface area contributed by atoms with Gasteiger partial charge in [0.15, 0.2) is 0 Å². The summed E-state index contributed by atoms with van der Waals surface area (Å²) in [5.41, 5.74) is 0. The zero-order valence-corrected chi connectivity index (χ0v) is 19.3. The van der Waals surface area contributed by atoms with E-state index in [1.165, 1.54) is 96.3 Å². The third kappa shape index (κ3) is 26.8. The molecule has 0 heterocycles. The molecule has 0 saturated heterocycles. The van der Waals surface area contributed by atoms with Gasteiger partial charge in [-0.2, -0.15) is 0 Å². The summed E-state index contributed by atoms with van der Waals surface area (Å²) >= 11 is 0. The number of carboxylic acids is 1. The Kier molecular flexibility index (Phi) is 27.0. The molecule has 0 bridgehead atoms. The first-order valence-electron chi connectivity index (χ1n) is 10.7. The van der Waals surface area contributed by atoms with Gasteiger partial charge < -0.3 is 15.2 Å². The quantitative estimate of drug-likeness (QED) is 0.266. The first-order chi connectivity index (χ1) is 11.8. The van der Waals surface area contributed by atoms with Gasteiger partial charge in [-0.3, -0.25) is 0 Å². The molecule has 0 spiro atoms. The van der Waals surface area contributed by atoms with Gasteiger partial charge in [-0.25, -0.2) is 0 Å². The first-order valence-corrected chi connectivity index (χ1v) is 10.7. The normalized spacial score (nSPS) is 10.6. The summed E-state index contributed by atoms with van der Waals surface area (Å²) in [6.45, 7) is 3.76. The molecule has 0 rings (SSSR count). The molecule has 0 fully saturated rings. The topological polar surface area (TPSA) is 52.2 Å². The number of carboxylic acid groups (broad SMARTS) is 1. The van der Waals surface area contributed by atoms with Crippen LogP contribution in [0.15, 0.2) is 0 Å². The molecule has 0 atom stereocenters. The maximum absolute atomic E-state index is 10.2. The largest absolute Gasteiger partial charge is 1.00 e. The summed E-state index contributed by atoms with van der Waals surface area (Å²) in [5, 5.41) is 13.4. The predicted octanol–water partition coefficient (Wildman–Crippen LogP) is 1.98. The molecule has 0 aliphatic carbocycles. The van der Waals surface area contributed by atoms with Crippen molar-refractivity contribution in [1.82, 2.24) is 5.32 Å². The Labute approximate surface area is 179 Å². The fourth-order valence-electron chi connectivity index (χ4n) is 3.11. The summed E-state index contributed by atoms with van der Waals surface area (Å²) in [4.78, 5) is 10.2. The molecule has 0 saturated carbocycles. The Morgan fingerprint density at radius 2 is 1.00 bits per heavy atom. The number of hydrogen-bond acceptors (Lipinski definition) is 3. The van der Waals surface area contributed by atoms with Crippen molar-refractivity contribution < 1.29 is 39.5 Å². The summed E-state index contributed by atoms with van der Waals surface area (Å²) in [7, 11) is 0. The number of hydrogen-bond donors (Lipinski definition) is 1. The van der Waals surface area contributed by atoms with Crippen molar-refractivity contribution in [3.8, 4) is 0 Å². The Morgan fingerprint density at radius 3 is 1.36 bits per heavy atom. The number of rotatable bonds is 20. The van der Waals surface area contributed by atoms with Crippen LogP contribution in [-0.2, 0) is 4.79 Å². The van der Waals surface area contributed by atoms with E-state index in [9.17, 15) is 9.90 Å². The van der Waals surface area contributed by atoms with Gasteiger partial charge in [-0.1, -0.05) is 103 Å². The molecule has 0 aliphatic heterocycles. The number of carbonyl (C=O) groups excluding carboxylic acids is 1. The van der Waals surface area contributed by atoms with Gasteiger partial charge in [0.2, 0.25) is 0 Å². The Bertz CT molecular complexity index is 262. The number of carbonyl (C=O) groups is 1. The second kappa shape index (κ2) is 24.4. The molecule has 4 heteroatoms. The fraction of sp³-hybridized carbons (Fsp3) is 0.952. The summed E-state index contributed by atoms with van der Waals surface area (Å²) < 4.78 is 0. The van der Waals surface area contributed by atoms with Gasteiger partial charge in [-0.15, -0.1) is 0 Å². The van der Waals surface area contributed by atoms with Crippen LogP contribution in [0.4, 0.5) is 0 Å². The third-order valence-electron chi connectivity index (χ3n) is 4.71. The van der Waals surface area contributed by atoms with Crippen molar-refractivity contribution in [2.24, 2.45) is 0 Å². The molecule has 0 aromatic heterocycles. The van der Waals surface area contributed by atoms with Gasteiger partial charge in [0, 0.05) is 12.5 Å². The molecule has 25 heavy (non-hydrogen) atoms. The first kappa shape index (κ1) is 27.6. The van der Waals surface area contributed by atoms with Crippen molar-refractivity contribution in [2.75, 3.05) is 13.1 Å². The molecule has 1 N–H and O–H groups in total. The van der Waals surface area contributed by atoms with Crippen LogP contribution in [0.2, 0.25) is 0 Å². The van der Waals surface area contributed by atoms with Crippen LogP contribution in [-0.4, -0.2) is 19.1 Å². The van der Waals surface area contributed by atoms with Crippen LogP contribution in [0, 0.1) is 0 Å². The summed E-state index contributed by atoms with van der Waals surface area (Å²) in [6, 6.07) is 0. The predicted molar refractivity (Wildman–Crippen MR) is 102 cm³/mol. The molecule has 0 radical (unpaired) electrons. The second-order valence-corrected chi connectivity index (χ2v) is 7.18. The summed E-state index contributed by atoms with van der Waals surface area (Å²) in [6.07, 6.45) is 22.3. The van der Waals surface area contributed by atoms with Crippen LogP contribution in [0.3, 0.4) is 0 Å². The smallest absolute Gasteiger partial charge is 0.550 e. The molecule has 0 amide bonds. The van der Waals surface area contributed by atoms with Crippen LogP contribution >= 0.6 is 0 Å². The van der Waals surface area contributed by atoms with Crippen molar-refractivity contribution in [2.45, 2.75) is 116 Å². The van der Waals surface area contributed by atoms with Crippen LogP contribution in [0.1, 0.15) is 116 Å². The molecule has 0 aliphatic rings. The van der Waals surface area contributed by atoms with Crippen molar-refractivity contribution in [3.63, 3.8) is 0 Å². The van der Waals surface area contributed by atoms with Crippen molar-refractivity contribution in [1.29, 1.82) is 0 Å². The van der Waals surface area contributed by atoms with E-state index in [0.717, 1.165) is 13.0 Å². The van der Waals surface area contributed by atoms with Crippen LogP contribution in [0.5, 0.6) is 0 Å². The Hall–Kier alpha value is 0.430. The van der Waals surface area contributed by atoms with Gasteiger partial charge in [0.05, 0.1) is 0 Å². The SMILES string of the molecule is CCCCCCCCCCCCCCCCCCNCCC(=O)[O-].[Na+]. The molecular weight excluding hydrogens is 321 g/mol. The maximum Gasteiger partial charge on any atom is 1.00 e. The van der Waals surface area contributed by atoms with E-state index in [4.69, 9.17) is 0 Å². The van der Waals surface area contributed by atoms with Gasteiger partial charge in [-0.05, 0) is 19.4 Å². The van der Waals surface area contributed by atoms with E-state index in [0.29, 0.717) is 6.54 Å². The van der Waals surface area contributed by atoms with E-state index in [1.807, 2.05) is 0 Å². The second-order valence-electron chi connectivity index (χ2n) is 7.18. The van der Waals surface area contributed by atoms with E-state index in [-0.39, 0.29) is 36.0 Å². The average Bonchev–Trinajstić information content (AvgIpc) is 2.56. The number of nitrogens with one attached hydrogen (secondary N) is 1. The van der Waals surface area contributed by atoms with Crippen molar-refractivity contribution in [3.05, 3.63) is 0 Å². The molecule has 0 unspecified atom stereocenters. The minimum atomic E-state index is -0.963. The molecule has 144 valence electrons. The Morgan fingerprint density at radius 1 is 0.640 bits per heavy atom. The van der Waals surface area contributed by atoms with Crippen molar-refractivity contribution >= 4 is 5.97 Å². The number of aliphatic carboxylic acids is 1. The third-order valence-corrected chi connectivity index (χ3v) is 4.71. The summed E-state index contributed by atoms with van der Waals surface area (Å²) in [5.74, 6) is -0.963. The van der Waals surface area contributed by atoms with Crippen LogP contribution in [0.25, 0.3) is 0 Å². The van der Waals surface area contributed by atoms with Crippen LogP contribution < -0.4 is 40.0 Å². The molecule has 0 aromatic carbocycles. The fourth-order valence-corrected chi connectivity index (χ4v) is 3.11. The zero-order chi connectivity index (χ0) is 17.7. The zero-order valence-electron chi connectivity index (χ0n) is 17.3. The van der Waals surface area contributed by atoms with Gasteiger partial charge >= 0.3 is 29.6 Å².